The molecular weight excluding hydrogens is 538 g/mol. The summed E-state index contributed by atoms with van der Waals surface area (Å²) in [5, 5.41) is 4.89. The molecule has 0 saturated carbocycles. The molecule has 0 spiro atoms. The first-order chi connectivity index (χ1) is 19.8. The summed E-state index contributed by atoms with van der Waals surface area (Å²) in [5.41, 5.74) is 3.00. The van der Waals surface area contributed by atoms with E-state index in [9.17, 15) is 9.59 Å². The fourth-order valence-electron chi connectivity index (χ4n) is 5.09. The number of methoxy groups -OCH3 is 1. The zero-order valence-electron chi connectivity index (χ0n) is 24.6. The summed E-state index contributed by atoms with van der Waals surface area (Å²) in [4.78, 5) is 28.0. The van der Waals surface area contributed by atoms with E-state index in [0.717, 1.165) is 72.5 Å². The van der Waals surface area contributed by atoms with Crippen molar-refractivity contribution in [2.75, 3.05) is 62.9 Å². The van der Waals surface area contributed by atoms with Crippen LogP contribution in [0.25, 0.3) is 10.8 Å². The second-order valence-electron chi connectivity index (χ2n) is 11.1. The van der Waals surface area contributed by atoms with Crippen LogP contribution in [0.1, 0.15) is 44.2 Å². The Kier molecular flexibility index (Phi) is 10.5. The van der Waals surface area contributed by atoms with Gasteiger partial charge in [-0.1, -0.05) is 63.1 Å². The van der Waals surface area contributed by atoms with Gasteiger partial charge in [-0.25, -0.2) is 0 Å². The van der Waals surface area contributed by atoms with Crippen LogP contribution >= 0.6 is 11.9 Å². The van der Waals surface area contributed by atoms with Crippen molar-refractivity contribution in [1.82, 2.24) is 4.90 Å². The van der Waals surface area contributed by atoms with Gasteiger partial charge in [-0.3, -0.25) is 9.69 Å². The van der Waals surface area contributed by atoms with Crippen LogP contribution in [-0.2, 0) is 19.7 Å². The van der Waals surface area contributed by atoms with Crippen LogP contribution in [0.4, 0.5) is 11.4 Å². The van der Waals surface area contributed by atoms with E-state index in [1.807, 2.05) is 54.8 Å². The maximum absolute atomic E-state index is 13.9. The van der Waals surface area contributed by atoms with Crippen molar-refractivity contribution in [1.29, 1.82) is 0 Å². The van der Waals surface area contributed by atoms with Crippen LogP contribution in [0, 0.1) is 0 Å². The Morgan fingerprint density at radius 2 is 1.80 bits per heavy atom. The highest BCUT2D eigenvalue weighted by molar-refractivity contribution is 7.99. The fourth-order valence-corrected chi connectivity index (χ4v) is 5.46. The molecule has 0 radical (unpaired) electrons. The van der Waals surface area contributed by atoms with Crippen LogP contribution < -0.4 is 19.5 Å². The molecule has 9 heteroatoms. The maximum Gasteiger partial charge on any atom is 0.232 e. The molecule has 1 saturated heterocycles. The largest absolute Gasteiger partial charge is 0.492 e. The predicted molar refractivity (Wildman–Crippen MR) is 168 cm³/mol. The number of fused-ring (bicyclic) bond motifs is 1. The molecule has 8 nitrogen and oxygen atoms in total. The summed E-state index contributed by atoms with van der Waals surface area (Å²) in [6, 6.07) is 15.7. The van der Waals surface area contributed by atoms with E-state index >= 15 is 0 Å². The van der Waals surface area contributed by atoms with Gasteiger partial charge in [-0.15, -0.1) is 0 Å². The molecule has 220 valence electrons. The van der Waals surface area contributed by atoms with Crippen molar-refractivity contribution < 1.29 is 23.8 Å². The zero-order valence-corrected chi connectivity index (χ0v) is 25.4. The lowest BCUT2D eigenvalue weighted by molar-refractivity contribution is -0.119. The van der Waals surface area contributed by atoms with Gasteiger partial charge in [-0.2, -0.15) is 0 Å². The average molecular weight is 580 g/mol. The molecule has 1 fully saturated rings. The number of anilines is 2. The van der Waals surface area contributed by atoms with E-state index in [-0.39, 0.29) is 17.7 Å². The summed E-state index contributed by atoms with van der Waals surface area (Å²) in [6.07, 6.45) is 2.78. The standard InChI is InChI=1S/C32H41N3O5S/c1-32(2,3)22-20-27(30(38-4)28(21-22)34-41-5)33-31(37)26(12-16-36)24-10-11-29(25-9-7-6-8-23(24)25)40-19-15-35-13-17-39-18-14-35/h6-11,16,20-21,26,34H,12-15,17-19H2,1-5H3,(H,33,37). The van der Waals surface area contributed by atoms with Gasteiger partial charge in [0, 0.05) is 37.7 Å². The normalized spacial score (nSPS) is 14.9. The van der Waals surface area contributed by atoms with Gasteiger partial charge >= 0.3 is 0 Å². The summed E-state index contributed by atoms with van der Waals surface area (Å²) >= 11 is 1.45. The molecule has 2 N–H and O–H groups in total. The third-order valence-electron chi connectivity index (χ3n) is 7.34. The average Bonchev–Trinajstić information content (AvgIpc) is 2.96. The summed E-state index contributed by atoms with van der Waals surface area (Å²) in [5.74, 6) is 0.331. The molecule has 1 aliphatic heterocycles. The number of amides is 1. The molecule has 3 aromatic rings. The van der Waals surface area contributed by atoms with Crippen molar-refractivity contribution in [3.8, 4) is 11.5 Å². The molecule has 41 heavy (non-hydrogen) atoms. The van der Waals surface area contributed by atoms with Gasteiger partial charge in [0.1, 0.15) is 18.6 Å². The summed E-state index contributed by atoms with van der Waals surface area (Å²) in [7, 11) is 1.58. The number of aldehydes is 1. The van der Waals surface area contributed by atoms with Crippen molar-refractivity contribution in [2.24, 2.45) is 0 Å². The van der Waals surface area contributed by atoms with Gasteiger partial charge in [0.15, 0.2) is 5.75 Å². The van der Waals surface area contributed by atoms with Crippen molar-refractivity contribution in [3.05, 3.63) is 59.7 Å². The lowest BCUT2D eigenvalue weighted by atomic mass is 9.86. The van der Waals surface area contributed by atoms with Crippen LogP contribution in [-0.4, -0.2) is 69.9 Å². The molecule has 1 aliphatic rings. The third kappa shape index (κ3) is 7.52. The van der Waals surface area contributed by atoms with Crippen LogP contribution in [0.15, 0.2) is 48.5 Å². The number of benzene rings is 3. The molecular formula is C32H41N3O5S. The summed E-state index contributed by atoms with van der Waals surface area (Å²) in [6.45, 7) is 11.0. The number of ether oxygens (including phenoxy) is 3. The monoisotopic (exact) mass is 579 g/mol. The Balaban J connectivity index is 1.64. The van der Waals surface area contributed by atoms with E-state index in [1.54, 1.807) is 7.11 Å². The van der Waals surface area contributed by atoms with Gasteiger partial charge < -0.3 is 29.0 Å². The molecule has 1 heterocycles. The Morgan fingerprint density at radius 1 is 1.10 bits per heavy atom. The summed E-state index contributed by atoms with van der Waals surface area (Å²) < 4.78 is 20.6. The van der Waals surface area contributed by atoms with Gasteiger partial charge in [0.05, 0.1) is 37.6 Å². The van der Waals surface area contributed by atoms with E-state index < -0.39 is 5.92 Å². The van der Waals surface area contributed by atoms with Crippen molar-refractivity contribution in [3.63, 3.8) is 0 Å². The molecule has 4 rings (SSSR count). The Hall–Kier alpha value is -3.27. The number of rotatable bonds is 12. The first kappa shape index (κ1) is 30.7. The minimum absolute atomic E-state index is 0.0459. The molecule has 3 aromatic carbocycles. The molecule has 0 aromatic heterocycles. The second kappa shape index (κ2) is 14.1. The number of hydrogen-bond acceptors (Lipinski definition) is 8. The topological polar surface area (TPSA) is 89.1 Å². The maximum atomic E-state index is 13.9. The second-order valence-corrected chi connectivity index (χ2v) is 11.7. The quantitative estimate of drug-likeness (QED) is 0.204. The predicted octanol–water partition coefficient (Wildman–Crippen LogP) is 5.86. The molecule has 1 amide bonds. The lowest BCUT2D eigenvalue weighted by Crippen LogP contribution is -2.38. The van der Waals surface area contributed by atoms with Crippen LogP contribution in [0.5, 0.6) is 11.5 Å². The highest BCUT2D eigenvalue weighted by Crippen LogP contribution is 2.41. The zero-order chi connectivity index (χ0) is 29.4. The minimum atomic E-state index is -0.695. The first-order valence-corrected chi connectivity index (χ1v) is 15.2. The minimum Gasteiger partial charge on any atom is -0.492 e. The molecule has 0 aliphatic carbocycles. The molecule has 0 bridgehead atoms. The lowest BCUT2D eigenvalue weighted by Gasteiger charge is -2.26. The third-order valence-corrected chi connectivity index (χ3v) is 7.76. The smallest absolute Gasteiger partial charge is 0.232 e. The van der Waals surface area contributed by atoms with Crippen molar-refractivity contribution in [2.45, 2.75) is 38.5 Å². The number of carbonyl (C=O) groups excluding carboxylic acids is 2. The number of hydrogen-bond donors (Lipinski definition) is 2. The number of morpholine rings is 1. The Labute approximate surface area is 247 Å². The fraction of sp³-hybridized carbons (Fsp3) is 0.438. The van der Waals surface area contributed by atoms with E-state index in [1.165, 1.54) is 11.9 Å². The van der Waals surface area contributed by atoms with Gasteiger partial charge in [-0.05, 0) is 40.1 Å². The van der Waals surface area contributed by atoms with E-state index in [4.69, 9.17) is 14.2 Å². The Bertz CT molecular complexity index is 1350. The Morgan fingerprint density at radius 3 is 2.46 bits per heavy atom. The molecule has 1 atom stereocenters. The highest BCUT2D eigenvalue weighted by atomic mass is 32.2. The number of nitrogens with zero attached hydrogens (tertiary/aromatic N) is 1. The first-order valence-electron chi connectivity index (χ1n) is 14.0. The van der Waals surface area contributed by atoms with Gasteiger partial charge in [0.25, 0.3) is 0 Å². The number of nitrogens with one attached hydrogen (secondary N) is 2. The SMILES string of the molecule is COc1c(NSC)cc(C(C)(C)C)cc1NC(=O)C(CC=O)c1ccc(OCCN2CCOCC2)c2ccccc12. The highest BCUT2D eigenvalue weighted by Gasteiger charge is 2.26. The van der Waals surface area contributed by atoms with Crippen LogP contribution in [0.2, 0.25) is 0 Å². The van der Waals surface area contributed by atoms with E-state index in [2.05, 4.69) is 35.7 Å². The van der Waals surface area contributed by atoms with E-state index in [0.29, 0.717) is 18.0 Å². The van der Waals surface area contributed by atoms with Gasteiger partial charge in [0.2, 0.25) is 5.91 Å². The van der Waals surface area contributed by atoms with Crippen molar-refractivity contribution >= 4 is 46.3 Å². The number of carbonyl (C=O) groups is 2. The van der Waals surface area contributed by atoms with Crippen LogP contribution in [0.3, 0.4) is 0 Å². The molecule has 1 unspecified atom stereocenters.